The molecule has 0 fully saturated rings. The third kappa shape index (κ3) is 3.25. The number of carbonyl (C=O) groups is 1. The number of carbonyl (C=O) groups excluding carboxylic acids is 1. The fourth-order valence-electron chi connectivity index (χ4n) is 2.87. The van der Waals surface area contributed by atoms with E-state index in [1.54, 1.807) is 0 Å². The highest BCUT2D eigenvalue weighted by Crippen LogP contribution is 2.43. The smallest absolute Gasteiger partial charge is 0.210 e. The van der Waals surface area contributed by atoms with E-state index >= 15 is 0 Å². The predicted octanol–water partition coefficient (Wildman–Crippen LogP) is 3.75. The SMILES string of the molecule is CC1(C)OC(c2ccc(S(C)(=O)=O)c(F)c2)=C(c2c(F)cccc2F)C1=O. The quantitative estimate of drug-likeness (QED) is 0.793. The van der Waals surface area contributed by atoms with E-state index in [2.05, 4.69) is 0 Å². The Morgan fingerprint density at radius 3 is 2.07 bits per heavy atom. The van der Waals surface area contributed by atoms with Gasteiger partial charge in [-0.2, -0.15) is 0 Å². The van der Waals surface area contributed by atoms with Crippen molar-refractivity contribution in [3.05, 3.63) is 65.0 Å². The van der Waals surface area contributed by atoms with Crippen LogP contribution in [0.1, 0.15) is 25.0 Å². The lowest BCUT2D eigenvalue weighted by molar-refractivity contribution is -0.125. The number of benzene rings is 2. The molecular formula is C19H15F3O4S. The monoisotopic (exact) mass is 396 g/mol. The van der Waals surface area contributed by atoms with Gasteiger partial charge in [0.1, 0.15) is 28.1 Å². The van der Waals surface area contributed by atoms with Crippen molar-refractivity contribution in [1.29, 1.82) is 0 Å². The summed E-state index contributed by atoms with van der Waals surface area (Å²) in [4.78, 5) is 12.2. The molecule has 4 nitrogen and oxygen atoms in total. The second kappa shape index (κ2) is 6.23. The molecule has 0 aromatic heterocycles. The van der Waals surface area contributed by atoms with Crippen LogP contribution >= 0.6 is 0 Å². The summed E-state index contributed by atoms with van der Waals surface area (Å²) >= 11 is 0. The fraction of sp³-hybridized carbons (Fsp3) is 0.211. The van der Waals surface area contributed by atoms with Crippen LogP contribution in [0.5, 0.6) is 0 Å². The highest BCUT2D eigenvalue weighted by atomic mass is 32.2. The van der Waals surface area contributed by atoms with Gasteiger partial charge in [0, 0.05) is 11.8 Å². The van der Waals surface area contributed by atoms with Crippen molar-refractivity contribution in [2.75, 3.05) is 6.26 Å². The van der Waals surface area contributed by atoms with E-state index in [0.29, 0.717) is 0 Å². The van der Waals surface area contributed by atoms with E-state index in [-0.39, 0.29) is 16.9 Å². The van der Waals surface area contributed by atoms with Crippen molar-refractivity contribution >= 4 is 27.0 Å². The molecule has 0 radical (unpaired) electrons. The third-order valence-electron chi connectivity index (χ3n) is 4.16. The molecule has 0 bridgehead atoms. The maximum Gasteiger partial charge on any atom is 0.210 e. The Morgan fingerprint density at radius 2 is 1.56 bits per heavy atom. The number of Topliss-reactive ketones (excluding diaryl/α,β-unsaturated/α-hetero) is 1. The van der Waals surface area contributed by atoms with Gasteiger partial charge in [-0.1, -0.05) is 6.07 Å². The maximum absolute atomic E-state index is 14.3. The molecule has 27 heavy (non-hydrogen) atoms. The Kier molecular flexibility index (Phi) is 4.42. The first kappa shape index (κ1) is 19.2. The summed E-state index contributed by atoms with van der Waals surface area (Å²) in [5.74, 6) is -3.88. The topological polar surface area (TPSA) is 60.4 Å². The number of sulfone groups is 1. The molecule has 3 rings (SSSR count). The lowest BCUT2D eigenvalue weighted by Crippen LogP contribution is -2.29. The number of ketones is 1. The van der Waals surface area contributed by atoms with Gasteiger partial charge >= 0.3 is 0 Å². The molecule has 0 aliphatic carbocycles. The van der Waals surface area contributed by atoms with Crippen LogP contribution in [0.25, 0.3) is 11.3 Å². The van der Waals surface area contributed by atoms with Crippen LogP contribution in [0, 0.1) is 17.5 Å². The summed E-state index contributed by atoms with van der Waals surface area (Å²) < 4.78 is 71.6. The number of hydrogen-bond donors (Lipinski definition) is 0. The van der Waals surface area contributed by atoms with Crippen LogP contribution in [0.4, 0.5) is 13.2 Å². The first-order valence-electron chi connectivity index (χ1n) is 7.86. The van der Waals surface area contributed by atoms with E-state index in [1.165, 1.54) is 19.9 Å². The lowest BCUT2D eigenvalue weighted by Gasteiger charge is -2.18. The maximum atomic E-state index is 14.3. The van der Waals surface area contributed by atoms with Crippen LogP contribution in [0.2, 0.25) is 0 Å². The summed E-state index contributed by atoms with van der Waals surface area (Å²) in [6, 6.07) is 6.24. The molecule has 1 heterocycles. The van der Waals surface area contributed by atoms with Crippen LogP contribution in [-0.4, -0.2) is 26.1 Å². The predicted molar refractivity (Wildman–Crippen MR) is 92.9 cm³/mol. The molecule has 0 saturated carbocycles. The number of hydrogen-bond acceptors (Lipinski definition) is 4. The number of rotatable bonds is 3. The second-order valence-electron chi connectivity index (χ2n) is 6.66. The summed E-state index contributed by atoms with van der Waals surface area (Å²) in [7, 11) is -3.81. The lowest BCUT2D eigenvalue weighted by atomic mass is 9.92. The Labute approximate surface area is 154 Å². The van der Waals surface area contributed by atoms with Crippen molar-refractivity contribution in [1.82, 2.24) is 0 Å². The Bertz CT molecular complexity index is 1080. The van der Waals surface area contributed by atoms with Gasteiger partial charge in [-0.15, -0.1) is 0 Å². The average Bonchev–Trinajstić information content (AvgIpc) is 2.77. The molecule has 0 unspecified atom stereocenters. The first-order valence-corrected chi connectivity index (χ1v) is 9.75. The molecule has 2 aromatic carbocycles. The van der Waals surface area contributed by atoms with Crippen molar-refractivity contribution in [3.63, 3.8) is 0 Å². The van der Waals surface area contributed by atoms with Crippen molar-refractivity contribution < 1.29 is 31.1 Å². The highest BCUT2D eigenvalue weighted by Gasteiger charge is 2.44. The number of ether oxygens (including phenoxy) is 1. The van der Waals surface area contributed by atoms with Gasteiger partial charge in [-0.05, 0) is 44.2 Å². The average molecular weight is 396 g/mol. The van der Waals surface area contributed by atoms with Gasteiger partial charge in [0.15, 0.2) is 15.4 Å². The van der Waals surface area contributed by atoms with Gasteiger partial charge in [0.2, 0.25) is 5.78 Å². The normalized spacial score (nSPS) is 16.6. The van der Waals surface area contributed by atoms with Crippen LogP contribution in [-0.2, 0) is 19.4 Å². The molecule has 142 valence electrons. The Balaban J connectivity index is 2.29. The molecule has 8 heteroatoms. The minimum atomic E-state index is -3.81. The molecule has 2 aromatic rings. The molecule has 1 aliphatic rings. The van der Waals surface area contributed by atoms with E-state index in [9.17, 15) is 26.4 Å². The van der Waals surface area contributed by atoms with Gasteiger partial charge < -0.3 is 4.74 Å². The van der Waals surface area contributed by atoms with Gasteiger partial charge in [-0.25, -0.2) is 21.6 Å². The van der Waals surface area contributed by atoms with Crippen LogP contribution in [0.15, 0.2) is 41.3 Å². The summed E-state index contributed by atoms with van der Waals surface area (Å²) in [6.07, 6.45) is 0.850. The zero-order valence-electron chi connectivity index (χ0n) is 14.6. The van der Waals surface area contributed by atoms with Gasteiger partial charge in [0.25, 0.3) is 0 Å². The van der Waals surface area contributed by atoms with Gasteiger partial charge in [-0.3, -0.25) is 4.79 Å². The molecule has 0 amide bonds. The van der Waals surface area contributed by atoms with Crippen molar-refractivity contribution in [2.45, 2.75) is 24.3 Å². The van der Waals surface area contributed by atoms with Gasteiger partial charge in [0.05, 0.1) is 11.1 Å². The van der Waals surface area contributed by atoms with Crippen molar-refractivity contribution in [3.8, 4) is 0 Å². The molecular weight excluding hydrogens is 381 g/mol. The van der Waals surface area contributed by atoms with E-state index < -0.39 is 49.1 Å². The summed E-state index contributed by atoms with van der Waals surface area (Å²) in [5.41, 5.74) is -2.36. The Hall–Kier alpha value is -2.61. The first-order chi connectivity index (χ1) is 12.4. The van der Waals surface area contributed by atoms with Crippen LogP contribution < -0.4 is 0 Å². The van der Waals surface area contributed by atoms with E-state index in [4.69, 9.17) is 4.74 Å². The molecule has 0 atom stereocenters. The fourth-order valence-corrected chi connectivity index (χ4v) is 3.59. The van der Waals surface area contributed by atoms with Crippen molar-refractivity contribution in [2.24, 2.45) is 0 Å². The molecule has 0 saturated heterocycles. The standard InChI is InChI=1S/C19H15F3O4S/c1-19(2)18(23)16(15-11(20)5-4-6-12(15)21)17(26-19)10-7-8-14(13(22)9-10)27(3,24)25/h4-9H,1-3H3. The Morgan fingerprint density at radius 1 is 0.963 bits per heavy atom. The number of halogens is 3. The minimum absolute atomic E-state index is 0.00326. The summed E-state index contributed by atoms with van der Waals surface area (Å²) in [6.45, 7) is 2.84. The molecule has 0 N–H and O–H groups in total. The largest absolute Gasteiger partial charge is 0.478 e. The highest BCUT2D eigenvalue weighted by molar-refractivity contribution is 7.90. The third-order valence-corrected chi connectivity index (χ3v) is 5.29. The zero-order valence-corrected chi connectivity index (χ0v) is 15.5. The van der Waals surface area contributed by atoms with E-state index in [0.717, 1.165) is 36.6 Å². The molecule has 1 aliphatic heterocycles. The summed E-state index contributed by atoms with van der Waals surface area (Å²) in [5, 5.41) is 0. The second-order valence-corrected chi connectivity index (χ2v) is 8.64. The van der Waals surface area contributed by atoms with E-state index in [1.807, 2.05) is 0 Å². The minimum Gasteiger partial charge on any atom is -0.478 e. The molecule has 0 spiro atoms. The zero-order chi connectivity index (χ0) is 20.1. The van der Waals surface area contributed by atoms with Crippen LogP contribution in [0.3, 0.4) is 0 Å².